The van der Waals surface area contributed by atoms with Crippen molar-refractivity contribution in [2.45, 2.75) is 57.9 Å². The van der Waals surface area contributed by atoms with Crippen molar-refractivity contribution in [1.29, 1.82) is 0 Å². The Balaban J connectivity index is 1.57. The summed E-state index contributed by atoms with van der Waals surface area (Å²) in [7, 11) is 0. The third kappa shape index (κ3) is 6.46. The summed E-state index contributed by atoms with van der Waals surface area (Å²) >= 11 is 6.08. The minimum absolute atomic E-state index is 0.0993. The first-order valence-corrected chi connectivity index (χ1v) is 13.0. The molecule has 0 aliphatic heterocycles. The first-order valence-electron chi connectivity index (χ1n) is 12.7. The van der Waals surface area contributed by atoms with Crippen LogP contribution in [0.5, 0.6) is 0 Å². The quantitative estimate of drug-likeness (QED) is 0.311. The lowest BCUT2D eigenvalue weighted by Crippen LogP contribution is -2.26. The van der Waals surface area contributed by atoms with Crippen LogP contribution < -0.4 is 10.6 Å². The summed E-state index contributed by atoms with van der Waals surface area (Å²) in [6.45, 7) is 2.24. The maximum Gasteiger partial charge on any atom is 0.305 e. The summed E-state index contributed by atoms with van der Waals surface area (Å²) in [5.74, 6) is -0.718. The Morgan fingerprint density at radius 2 is 1.78 bits per heavy atom. The number of carbonyl (C=O) groups is 2. The van der Waals surface area contributed by atoms with Gasteiger partial charge in [0.25, 0.3) is 5.91 Å². The number of nitrogens with one attached hydrogen (secondary N) is 2. The van der Waals surface area contributed by atoms with Crippen molar-refractivity contribution in [2.24, 2.45) is 5.92 Å². The maximum absolute atomic E-state index is 12.3. The number of aromatic nitrogens is 2. The van der Waals surface area contributed by atoms with Crippen molar-refractivity contribution in [2.75, 3.05) is 11.9 Å². The predicted molar refractivity (Wildman–Crippen MR) is 142 cm³/mol. The molecular formula is C28H33ClN4O3. The van der Waals surface area contributed by atoms with Crippen LogP contribution in [-0.2, 0) is 11.2 Å². The number of aryl methyl sites for hydroxylation is 1. The monoisotopic (exact) mass is 508 g/mol. The minimum atomic E-state index is -0.936. The van der Waals surface area contributed by atoms with E-state index in [2.05, 4.69) is 23.8 Å². The molecule has 0 radical (unpaired) electrons. The van der Waals surface area contributed by atoms with Gasteiger partial charge >= 0.3 is 5.97 Å². The molecule has 3 N–H and O–H groups in total. The van der Waals surface area contributed by atoms with Gasteiger partial charge in [-0.1, -0.05) is 37.8 Å². The van der Waals surface area contributed by atoms with Gasteiger partial charge in [-0.2, -0.15) is 5.10 Å². The van der Waals surface area contributed by atoms with Crippen molar-refractivity contribution in [3.63, 3.8) is 0 Å². The van der Waals surface area contributed by atoms with E-state index in [4.69, 9.17) is 21.8 Å². The normalized spacial score (nSPS) is 14.8. The summed E-state index contributed by atoms with van der Waals surface area (Å²) in [4.78, 5) is 23.0. The molecule has 1 fully saturated rings. The average molecular weight is 509 g/mol. The molecule has 1 saturated carbocycles. The molecule has 0 bridgehead atoms. The Kier molecular flexibility index (Phi) is 8.65. The maximum atomic E-state index is 12.3. The van der Waals surface area contributed by atoms with Crippen LogP contribution in [0.1, 0.15) is 73.1 Å². The van der Waals surface area contributed by atoms with Gasteiger partial charge in [-0.05, 0) is 73.7 Å². The first-order chi connectivity index (χ1) is 17.4. The number of amides is 1. The van der Waals surface area contributed by atoms with E-state index in [0.29, 0.717) is 16.5 Å². The number of hydrogen-bond acceptors (Lipinski definition) is 4. The molecule has 4 rings (SSSR count). The van der Waals surface area contributed by atoms with Crippen LogP contribution in [0.25, 0.3) is 5.69 Å². The topological polar surface area (TPSA) is 96.3 Å². The minimum Gasteiger partial charge on any atom is -0.481 e. The highest BCUT2D eigenvalue weighted by atomic mass is 35.5. The van der Waals surface area contributed by atoms with Crippen LogP contribution in [0.4, 0.5) is 5.69 Å². The van der Waals surface area contributed by atoms with Crippen LogP contribution in [0.2, 0.25) is 5.02 Å². The molecule has 1 aliphatic carbocycles. The standard InChI is InChI=1S/C28H33ClN4O3/c1-2-25-24(18-33(32-25)23-14-10-21(29)11-15-23)27(19-6-4-3-5-7-19)31-22-12-8-20(9-13-22)28(36)30-17-16-26(34)35/h8-15,18-19,27,31H,2-7,16-17H2,1H3,(H,30,36)(H,34,35). The zero-order valence-corrected chi connectivity index (χ0v) is 21.3. The number of nitrogens with zero attached hydrogens (tertiary/aromatic N) is 2. The van der Waals surface area contributed by atoms with Gasteiger partial charge in [0.1, 0.15) is 0 Å². The van der Waals surface area contributed by atoms with E-state index in [9.17, 15) is 9.59 Å². The molecule has 7 nitrogen and oxygen atoms in total. The number of carbonyl (C=O) groups excluding carboxylic acids is 1. The second-order valence-electron chi connectivity index (χ2n) is 9.30. The molecule has 1 atom stereocenters. The SMILES string of the molecule is CCc1nn(-c2ccc(Cl)cc2)cc1C(Nc1ccc(C(=O)NCCC(=O)O)cc1)C1CCCCC1. The number of aliphatic carboxylic acids is 1. The van der Waals surface area contributed by atoms with Gasteiger partial charge in [-0.25, -0.2) is 4.68 Å². The number of carboxylic acids is 1. The van der Waals surface area contributed by atoms with E-state index in [1.165, 1.54) is 24.8 Å². The fraction of sp³-hybridized carbons (Fsp3) is 0.393. The second kappa shape index (κ2) is 12.1. The summed E-state index contributed by atoms with van der Waals surface area (Å²) in [5, 5.41) is 20.8. The van der Waals surface area contributed by atoms with Crippen molar-refractivity contribution < 1.29 is 14.7 Å². The summed E-state index contributed by atoms with van der Waals surface area (Å²) in [6.07, 6.45) is 8.93. The Morgan fingerprint density at radius 1 is 1.08 bits per heavy atom. The second-order valence-corrected chi connectivity index (χ2v) is 9.74. The molecule has 1 amide bonds. The van der Waals surface area contributed by atoms with Gasteiger partial charge in [-0.3, -0.25) is 9.59 Å². The molecule has 8 heteroatoms. The Bertz CT molecular complexity index is 1170. The molecule has 0 saturated heterocycles. The van der Waals surface area contributed by atoms with Gasteiger partial charge in [0.05, 0.1) is 23.8 Å². The predicted octanol–water partition coefficient (Wildman–Crippen LogP) is 6.03. The zero-order valence-electron chi connectivity index (χ0n) is 20.5. The molecule has 1 heterocycles. The van der Waals surface area contributed by atoms with Crippen LogP contribution >= 0.6 is 11.6 Å². The number of rotatable bonds is 10. The smallest absolute Gasteiger partial charge is 0.305 e. The molecule has 190 valence electrons. The van der Waals surface area contributed by atoms with Gasteiger partial charge < -0.3 is 15.7 Å². The highest BCUT2D eigenvalue weighted by Crippen LogP contribution is 2.38. The van der Waals surface area contributed by atoms with Gasteiger partial charge in [-0.15, -0.1) is 0 Å². The van der Waals surface area contributed by atoms with E-state index in [1.54, 1.807) is 12.1 Å². The van der Waals surface area contributed by atoms with Crippen LogP contribution in [0.3, 0.4) is 0 Å². The van der Waals surface area contributed by atoms with Gasteiger partial charge in [0, 0.05) is 34.6 Å². The molecule has 0 spiro atoms. The third-order valence-corrected chi connectivity index (χ3v) is 7.05. The van der Waals surface area contributed by atoms with Crippen molar-refractivity contribution in [3.8, 4) is 5.69 Å². The number of benzene rings is 2. The summed E-state index contributed by atoms with van der Waals surface area (Å²) in [6, 6.07) is 15.2. The van der Waals surface area contributed by atoms with E-state index >= 15 is 0 Å². The third-order valence-electron chi connectivity index (χ3n) is 6.80. The van der Waals surface area contributed by atoms with Gasteiger partial charge in [0.15, 0.2) is 0 Å². The van der Waals surface area contributed by atoms with Crippen molar-refractivity contribution in [1.82, 2.24) is 15.1 Å². The molecular weight excluding hydrogens is 476 g/mol. The fourth-order valence-electron chi connectivity index (χ4n) is 4.88. The summed E-state index contributed by atoms with van der Waals surface area (Å²) < 4.78 is 1.94. The van der Waals surface area contributed by atoms with Crippen LogP contribution in [0.15, 0.2) is 54.7 Å². The molecule has 36 heavy (non-hydrogen) atoms. The number of carboxylic acid groups (broad SMARTS) is 1. The number of halogens is 1. The molecule has 1 unspecified atom stereocenters. The first kappa shape index (κ1) is 25.8. The van der Waals surface area contributed by atoms with Crippen molar-refractivity contribution >= 4 is 29.2 Å². The van der Waals surface area contributed by atoms with Crippen LogP contribution in [0, 0.1) is 5.92 Å². The Morgan fingerprint density at radius 3 is 2.42 bits per heavy atom. The molecule has 2 aromatic carbocycles. The largest absolute Gasteiger partial charge is 0.481 e. The highest BCUT2D eigenvalue weighted by molar-refractivity contribution is 6.30. The van der Waals surface area contributed by atoms with E-state index in [1.807, 2.05) is 41.1 Å². The van der Waals surface area contributed by atoms with E-state index < -0.39 is 5.97 Å². The van der Waals surface area contributed by atoms with Crippen molar-refractivity contribution in [3.05, 3.63) is 76.6 Å². The van der Waals surface area contributed by atoms with E-state index in [0.717, 1.165) is 36.3 Å². The molecule has 3 aromatic rings. The molecule has 1 aromatic heterocycles. The Labute approximate surface area is 216 Å². The van der Waals surface area contributed by atoms with E-state index in [-0.39, 0.29) is 24.9 Å². The zero-order chi connectivity index (χ0) is 25.5. The summed E-state index contributed by atoms with van der Waals surface area (Å²) in [5.41, 5.74) is 4.69. The average Bonchev–Trinajstić information content (AvgIpc) is 3.32. The van der Waals surface area contributed by atoms with Crippen LogP contribution in [-0.4, -0.2) is 33.3 Å². The lowest BCUT2D eigenvalue weighted by Gasteiger charge is -2.32. The molecule has 1 aliphatic rings. The van der Waals surface area contributed by atoms with Gasteiger partial charge in [0.2, 0.25) is 0 Å². The Hall–Kier alpha value is -3.32. The fourth-order valence-corrected chi connectivity index (χ4v) is 5.01. The lowest BCUT2D eigenvalue weighted by atomic mass is 9.81. The lowest BCUT2D eigenvalue weighted by molar-refractivity contribution is -0.136. The highest BCUT2D eigenvalue weighted by Gasteiger charge is 2.28. The number of anilines is 1. The number of hydrogen-bond donors (Lipinski definition) is 3.